The van der Waals surface area contributed by atoms with E-state index < -0.39 is 0 Å². The smallest absolute Gasteiger partial charge is 0.271 e. The highest BCUT2D eigenvalue weighted by molar-refractivity contribution is 5.91. The Morgan fingerprint density at radius 3 is 1.69 bits per heavy atom. The van der Waals surface area contributed by atoms with E-state index in [0.29, 0.717) is 25.9 Å². The van der Waals surface area contributed by atoms with E-state index in [1.165, 1.54) is 6.20 Å². The first-order valence-corrected chi connectivity index (χ1v) is 12.9. The van der Waals surface area contributed by atoms with Gasteiger partial charge < -0.3 is 10.6 Å². The second kappa shape index (κ2) is 22.0. The van der Waals surface area contributed by atoms with Crippen molar-refractivity contribution in [2.75, 3.05) is 13.1 Å². The summed E-state index contributed by atoms with van der Waals surface area (Å²) in [5.41, 5.74) is 1.02. The van der Waals surface area contributed by atoms with Crippen LogP contribution >= 0.6 is 0 Å². The van der Waals surface area contributed by atoms with Gasteiger partial charge in [0.05, 0.1) is 11.9 Å². The Labute approximate surface area is 217 Å². The Morgan fingerprint density at radius 2 is 1.19 bits per heavy atom. The molecule has 1 aromatic heterocycles. The van der Waals surface area contributed by atoms with Gasteiger partial charge in [-0.3, -0.25) is 14.6 Å². The van der Waals surface area contributed by atoms with Gasteiger partial charge in [0.25, 0.3) is 5.91 Å². The molecular formula is C30H42N4O2. The number of carbonyl (C=O) groups excluding carboxylic acids is 2. The van der Waals surface area contributed by atoms with Gasteiger partial charge in [-0.2, -0.15) is 0 Å². The molecule has 6 heteroatoms. The molecule has 2 amide bonds. The lowest BCUT2D eigenvalue weighted by atomic mass is 10.2. The largest absolute Gasteiger partial charge is 0.354 e. The van der Waals surface area contributed by atoms with Crippen LogP contribution in [-0.2, 0) is 4.79 Å². The van der Waals surface area contributed by atoms with E-state index in [-0.39, 0.29) is 17.5 Å². The number of rotatable bonds is 18. The number of aryl methyl sites for hydroxylation is 1. The van der Waals surface area contributed by atoms with E-state index in [1.807, 2.05) is 13.0 Å². The van der Waals surface area contributed by atoms with E-state index >= 15 is 0 Å². The standard InChI is InChI=1S/C30H42N4O2/c1-3-4-5-6-7-8-9-10-11-12-13-14-15-16-17-18-19-20-21-22-29(35)31-23-24-32-30(36)28-26-33-27(2)25-34-28/h4-5,7-8,10-11,13-14,16-17,19-20,25-26H,3,6,9,12,15,18,21-24H2,1-2H3,(H,31,35)(H,32,36). The second-order valence-corrected chi connectivity index (χ2v) is 8.10. The number of hydrogen-bond acceptors (Lipinski definition) is 4. The molecule has 0 bridgehead atoms. The summed E-state index contributed by atoms with van der Waals surface area (Å²) >= 11 is 0. The van der Waals surface area contributed by atoms with Crippen LogP contribution in [0.5, 0.6) is 0 Å². The molecule has 36 heavy (non-hydrogen) atoms. The molecule has 0 radical (unpaired) electrons. The van der Waals surface area contributed by atoms with Crippen LogP contribution < -0.4 is 10.6 Å². The van der Waals surface area contributed by atoms with Gasteiger partial charge in [0.1, 0.15) is 5.69 Å². The highest BCUT2D eigenvalue weighted by Gasteiger charge is 2.06. The fourth-order valence-electron chi connectivity index (χ4n) is 2.92. The molecule has 1 aromatic rings. The summed E-state index contributed by atoms with van der Waals surface area (Å²) < 4.78 is 0. The molecule has 194 valence electrons. The average Bonchev–Trinajstić information content (AvgIpc) is 2.88. The number of nitrogens with zero attached hydrogens (tertiary/aromatic N) is 2. The van der Waals surface area contributed by atoms with Crippen molar-refractivity contribution in [3.05, 3.63) is 96.7 Å². The van der Waals surface area contributed by atoms with Crippen LogP contribution in [-0.4, -0.2) is 34.9 Å². The number of allylic oxidation sites excluding steroid dienone is 12. The average molecular weight is 491 g/mol. The SMILES string of the molecule is CCC=CCC=CCC=CCC=CCC=CCC=CCCC(=O)NCCNC(=O)c1cnc(C)cn1. The van der Waals surface area contributed by atoms with Gasteiger partial charge in [-0.25, -0.2) is 4.98 Å². The van der Waals surface area contributed by atoms with E-state index in [2.05, 4.69) is 94.4 Å². The summed E-state index contributed by atoms with van der Waals surface area (Å²) in [6.45, 7) is 4.69. The first-order chi connectivity index (χ1) is 17.6. The lowest BCUT2D eigenvalue weighted by molar-refractivity contribution is -0.120. The van der Waals surface area contributed by atoms with Crippen molar-refractivity contribution in [1.29, 1.82) is 0 Å². The summed E-state index contributed by atoms with van der Waals surface area (Å²) in [6.07, 6.45) is 35.9. The summed E-state index contributed by atoms with van der Waals surface area (Å²) in [7, 11) is 0. The van der Waals surface area contributed by atoms with Crippen LogP contribution in [0.15, 0.2) is 85.3 Å². The highest BCUT2D eigenvalue weighted by atomic mass is 16.2. The Morgan fingerprint density at radius 1 is 0.694 bits per heavy atom. The van der Waals surface area contributed by atoms with Gasteiger partial charge in [-0.05, 0) is 51.9 Å². The summed E-state index contributed by atoms with van der Waals surface area (Å²) in [5, 5.41) is 5.51. The number of carbonyl (C=O) groups is 2. The van der Waals surface area contributed by atoms with Crippen molar-refractivity contribution < 1.29 is 9.59 Å². The van der Waals surface area contributed by atoms with Crippen molar-refractivity contribution in [3.63, 3.8) is 0 Å². The molecule has 1 rings (SSSR count). The molecule has 0 unspecified atom stereocenters. The maximum absolute atomic E-state index is 11.9. The van der Waals surface area contributed by atoms with Crippen LogP contribution in [0, 0.1) is 6.92 Å². The first kappa shape index (κ1) is 30.5. The molecule has 0 atom stereocenters. The fourth-order valence-corrected chi connectivity index (χ4v) is 2.92. The summed E-state index contributed by atoms with van der Waals surface area (Å²) in [4.78, 5) is 31.8. The lowest BCUT2D eigenvalue weighted by Crippen LogP contribution is -2.34. The van der Waals surface area contributed by atoms with E-state index in [4.69, 9.17) is 0 Å². The van der Waals surface area contributed by atoms with Crippen molar-refractivity contribution in [2.24, 2.45) is 0 Å². The van der Waals surface area contributed by atoms with Crippen molar-refractivity contribution in [3.8, 4) is 0 Å². The minimum absolute atomic E-state index is 0.0288. The van der Waals surface area contributed by atoms with Crippen LogP contribution in [0.1, 0.15) is 74.5 Å². The minimum atomic E-state index is -0.297. The van der Waals surface area contributed by atoms with Gasteiger partial charge in [-0.15, -0.1) is 0 Å². The maximum Gasteiger partial charge on any atom is 0.271 e. The summed E-state index contributed by atoms with van der Waals surface area (Å²) in [5.74, 6) is -0.325. The van der Waals surface area contributed by atoms with Crippen molar-refractivity contribution >= 4 is 11.8 Å². The van der Waals surface area contributed by atoms with Crippen molar-refractivity contribution in [2.45, 2.75) is 65.2 Å². The Hall–Kier alpha value is -3.54. The highest BCUT2D eigenvalue weighted by Crippen LogP contribution is 1.98. The first-order valence-electron chi connectivity index (χ1n) is 12.9. The number of nitrogens with one attached hydrogen (secondary N) is 2. The zero-order valence-electron chi connectivity index (χ0n) is 21.9. The lowest BCUT2D eigenvalue weighted by Gasteiger charge is -2.06. The molecule has 1 heterocycles. The van der Waals surface area contributed by atoms with E-state index in [0.717, 1.165) is 44.2 Å². The molecule has 0 aliphatic carbocycles. The van der Waals surface area contributed by atoms with Crippen LogP contribution in [0.2, 0.25) is 0 Å². The zero-order valence-corrected chi connectivity index (χ0v) is 21.9. The fraction of sp³-hybridized carbons (Fsp3) is 0.400. The predicted molar refractivity (Wildman–Crippen MR) is 150 cm³/mol. The number of amides is 2. The Bertz CT molecular complexity index is 909. The topological polar surface area (TPSA) is 84.0 Å². The second-order valence-electron chi connectivity index (χ2n) is 8.10. The Balaban J connectivity index is 1.98. The number of aromatic nitrogens is 2. The van der Waals surface area contributed by atoms with Crippen LogP contribution in [0.3, 0.4) is 0 Å². The molecule has 2 N–H and O–H groups in total. The Kier molecular flexibility index (Phi) is 18.6. The van der Waals surface area contributed by atoms with Crippen LogP contribution in [0.25, 0.3) is 0 Å². The van der Waals surface area contributed by atoms with Gasteiger partial charge in [0, 0.05) is 25.7 Å². The third-order valence-corrected chi connectivity index (χ3v) is 4.88. The minimum Gasteiger partial charge on any atom is -0.354 e. The van der Waals surface area contributed by atoms with Gasteiger partial charge >= 0.3 is 0 Å². The molecule has 0 aliphatic rings. The van der Waals surface area contributed by atoms with E-state index in [9.17, 15) is 9.59 Å². The zero-order chi connectivity index (χ0) is 26.1. The van der Waals surface area contributed by atoms with Gasteiger partial charge in [0.15, 0.2) is 0 Å². The molecule has 0 aliphatic heterocycles. The molecular weight excluding hydrogens is 448 g/mol. The van der Waals surface area contributed by atoms with Crippen molar-refractivity contribution in [1.82, 2.24) is 20.6 Å². The molecule has 0 saturated heterocycles. The quantitative estimate of drug-likeness (QED) is 0.192. The van der Waals surface area contributed by atoms with Gasteiger partial charge in [-0.1, -0.05) is 79.8 Å². The molecule has 0 fully saturated rings. The predicted octanol–water partition coefficient (Wildman–Crippen LogP) is 6.11. The van der Waals surface area contributed by atoms with Crippen LogP contribution in [0.4, 0.5) is 0 Å². The molecule has 0 spiro atoms. The van der Waals surface area contributed by atoms with Gasteiger partial charge in [0.2, 0.25) is 5.91 Å². The molecule has 6 nitrogen and oxygen atoms in total. The molecule has 0 aromatic carbocycles. The summed E-state index contributed by atoms with van der Waals surface area (Å²) in [6, 6.07) is 0. The third-order valence-electron chi connectivity index (χ3n) is 4.88. The third kappa shape index (κ3) is 17.9. The maximum atomic E-state index is 11.9. The normalized spacial score (nSPS) is 12.3. The monoisotopic (exact) mass is 490 g/mol. The molecule has 0 saturated carbocycles. The number of hydrogen-bond donors (Lipinski definition) is 2. The van der Waals surface area contributed by atoms with E-state index in [1.54, 1.807) is 6.20 Å².